The van der Waals surface area contributed by atoms with E-state index < -0.39 is 15.8 Å². The van der Waals surface area contributed by atoms with Gasteiger partial charge in [0.1, 0.15) is 40.2 Å². The summed E-state index contributed by atoms with van der Waals surface area (Å²) in [4.78, 5) is 12.2. The smallest absolute Gasteiger partial charge is 0.265 e. The van der Waals surface area contributed by atoms with Crippen molar-refractivity contribution in [1.29, 1.82) is 0 Å². The Hall–Kier alpha value is -4.25. The minimum absolute atomic E-state index is 0.0427. The van der Waals surface area contributed by atoms with E-state index in [9.17, 15) is 12.8 Å². The Kier molecular flexibility index (Phi) is 6.31. The average Bonchev–Trinajstić information content (AvgIpc) is 2.81. The van der Waals surface area contributed by atoms with Gasteiger partial charge >= 0.3 is 0 Å². The molecule has 0 saturated carbocycles. The molecule has 0 radical (unpaired) electrons. The third-order valence-corrected chi connectivity index (χ3v) is 5.82. The molecule has 0 bridgehead atoms. The van der Waals surface area contributed by atoms with E-state index in [4.69, 9.17) is 4.74 Å². The standard InChI is InChI=1S/C22H19FN6O3S/c1-32-18-10-5-15(23)12-19(18)33(30,31)29-17-8-6-16(7-9-17)27-21-13-22(26-14-25-21)28-20-4-2-3-11-24-20/h2-14,29H,1H3,(H2,24,25,26,27,28). The van der Waals surface area contributed by atoms with Gasteiger partial charge in [0.25, 0.3) is 10.0 Å². The Bertz CT molecular complexity index is 1350. The fourth-order valence-electron chi connectivity index (χ4n) is 2.90. The molecule has 9 nitrogen and oxygen atoms in total. The number of benzene rings is 2. The first-order valence-corrected chi connectivity index (χ1v) is 11.1. The average molecular weight is 466 g/mol. The largest absolute Gasteiger partial charge is 0.495 e. The van der Waals surface area contributed by atoms with Gasteiger partial charge in [0.2, 0.25) is 0 Å². The topological polar surface area (TPSA) is 118 Å². The number of sulfonamides is 1. The van der Waals surface area contributed by atoms with E-state index in [2.05, 4.69) is 30.3 Å². The summed E-state index contributed by atoms with van der Waals surface area (Å²) in [6.45, 7) is 0. The van der Waals surface area contributed by atoms with Gasteiger partial charge in [-0.1, -0.05) is 6.07 Å². The molecule has 4 rings (SSSR count). The van der Waals surface area contributed by atoms with Gasteiger partial charge in [-0.15, -0.1) is 0 Å². The molecule has 2 aromatic carbocycles. The molecular weight excluding hydrogens is 447 g/mol. The van der Waals surface area contributed by atoms with Crippen LogP contribution in [0.1, 0.15) is 0 Å². The van der Waals surface area contributed by atoms with Crippen LogP contribution in [0.4, 0.5) is 33.2 Å². The molecule has 0 aliphatic heterocycles. The van der Waals surface area contributed by atoms with E-state index >= 15 is 0 Å². The van der Waals surface area contributed by atoms with E-state index in [1.165, 1.54) is 19.5 Å². The molecule has 33 heavy (non-hydrogen) atoms. The van der Waals surface area contributed by atoms with Gasteiger partial charge in [-0.25, -0.2) is 27.8 Å². The molecule has 0 atom stereocenters. The normalized spacial score (nSPS) is 11.0. The Morgan fingerprint density at radius 3 is 2.24 bits per heavy atom. The molecule has 0 fully saturated rings. The number of ether oxygens (including phenoxy) is 1. The Labute approximate surface area is 189 Å². The molecule has 0 unspecified atom stereocenters. The van der Waals surface area contributed by atoms with Gasteiger partial charge in [0, 0.05) is 23.6 Å². The highest BCUT2D eigenvalue weighted by atomic mass is 32.2. The first kappa shape index (κ1) is 22.0. The number of nitrogens with one attached hydrogen (secondary N) is 3. The van der Waals surface area contributed by atoms with Crippen molar-refractivity contribution in [2.75, 3.05) is 22.5 Å². The molecule has 3 N–H and O–H groups in total. The summed E-state index contributed by atoms with van der Waals surface area (Å²) in [5, 5.41) is 6.20. The van der Waals surface area contributed by atoms with E-state index in [0.717, 1.165) is 12.1 Å². The fraction of sp³-hybridized carbons (Fsp3) is 0.0455. The molecule has 0 spiro atoms. The lowest BCUT2D eigenvalue weighted by atomic mass is 10.3. The second-order valence-electron chi connectivity index (χ2n) is 6.73. The molecule has 0 aliphatic carbocycles. The maximum absolute atomic E-state index is 13.6. The minimum atomic E-state index is -4.06. The van der Waals surface area contributed by atoms with E-state index in [0.29, 0.717) is 28.8 Å². The van der Waals surface area contributed by atoms with Crippen LogP contribution in [0.2, 0.25) is 0 Å². The Morgan fingerprint density at radius 1 is 0.818 bits per heavy atom. The maximum atomic E-state index is 13.6. The predicted molar refractivity (Wildman–Crippen MR) is 123 cm³/mol. The van der Waals surface area contributed by atoms with Crippen LogP contribution < -0.4 is 20.1 Å². The molecule has 2 heterocycles. The van der Waals surface area contributed by atoms with Crippen molar-refractivity contribution in [1.82, 2.24) is 15.0 Å². The Balaban J connectivity index is 1.46. The highest BCUT2D eigenvalue weighted by molar-refractivity contribution is 7.92. The number of rotatable bonds is 8. The van der Waals surface area contributed by atoms with Crippen molar-refractivity contribution in [3.05, 3.63) is 85.1 Å². The van der Waals surface area contributed by atoms with Crippen LogP contribution in [0.3, 0.4) is 0 Å². The summed E-state index contributed by atoms with van der Waals surface area (Å²) in [6.07, 6.45) is 3.07. The molecular formula is C22H19FN6O3S. The lowest BCUT2D eigenvalue weighted by molar-refractivity contribution is 0.401. The summed E-state index contributed by atoms with van der Waals surface area (Å²) in [7, 11) is -2.74. The van der Waals surface area contributed by atoms with Crippen LogP contribution >= 0.6 is 0 Å². The van der Waals surface area contributed by atoms with Crippen molar-refractivity contribution in [2.45, 2.75) is 4.90 Å². The summed E-state index contributed by atoms with van der Waals surface area (Å²) in [5.41, 5.74) is 0.968. The summed E-state index contributed by atoms with van der Waals surface area (Å²) in [5.74, 6) is 1.09. The first-order chi connectivity index (χ1) is 15.9. The predicted octanol–water partition coefficient (Wildman–Crippen LogP) is 4.31. The maximum Gasteiger partial charge on any atom is 0.265 e. The van der Waals surface area contributed by atoms with E-state index in [1.54, 1.807) is 36.5 Å². The molecule has 4 aromatic rings. The van der Waals surface area contributed by atoms with Crippen LogP contribution in [-0.2, 0) is 10.0 Å². The zero-order chi connectivity index (χ0) is 23.3. The first-order valence-electron chi connectivity index (χ1n) is 9.66. The van der Waals surface area contributed by atoms with Crippen molar-refractivity contribution >= 4 is 38.9 Å². The summed E-state index contributed by atoms with van der Waals surface area (Å²) >= 11 is 0. The number of methoxy groups -OCH3 is 1. The highest BCUT2D eigenvalue weighted by Gasteiger charge is 2.20. The van der Waals surface area contributed by atoms with Crippen molar-refractivity contribution < 1.29 is 17.5 Å². The number of aromatic nitrogens is 3. The van der Waals surface area contributed by atoms with Gasteiger partial charge in [-0.3, -0.25) is 4.72 Å². The van der Waals surface area contributed by atoms with Crippen LogP contribution in [0.25, 0.3) is 0 Å². The second-order valence-corrected chi connectivity index (χ2v) is 8.38. The van der Waals surface area contributed by atoms with Crippen LogP contribution in [0, 0.1) is 5.82 Å². The minimum Gasteiger partial charge on any atom is -0.495 e. The number of hydrogen-bond donors (Lipinski definition) is 3. The van der Waals surface area contributed by atoms with Crippen LogP contribution in [0.15, 0.2) is 84.1 Å². The molecule has 0 amide bonds. The third-order valence-electron chi connectivity index (χ3n) is 4.41. The number of pyridine rings is 1. The van der Waals surface area contributed by atoms with E-state index in [-0.39, 0.29) is 10.6 Å². The van der Waals surface area contributed by atoms with Gasteiger partial charge in [0.05, 0.1) is 7.11 Å². The number of hydrogen-bond acceptors (Lipinski definition) is 8. The van der Waals surface area contributed by atoms with Gasteiger partial charge in [-0.2, -0.15) is 0 Å². The van der Waals surface area contributed by atoms with E-state index in [1.807, 2.05) is 18.2 Å². The van der Waals surface area contributed by atoms with Gasteiger partial charge in [-0.05, 0) is 54.6 Å². The number of nitrogens with zero attached hydrogens (tertiary/aromatic N) is 3. The summed E-state index contributed by atoms with van der Waals surface area (Å²) < 4.78 is 46.4. The molecule has 168 valence electrons. The SMILES string of the molecule is COc1ccc(F)cc1S(=O)(=O)Nc1ccc(Nc2cc(Nc3ccccn3)ncn2)cc1. The zero-order valence-electron chi connectivity index (χ0n) is 17.4. The lowest BCUT2D eigenvalue weighted by Gasteiger charge is -2.12. The number of anilines is 5. The fourth-order valence-corrected chi connectivity index (χ4v) is 4.14. The second kappa shape index (κ2) is 9.49. The van der Waals surface area contributed by atoms with Crippen LogP contribution in [0.5, 0.6) is 5.75 Å². The molecule has 0 aliphatic rings. The van der Waals surface area contributed by atoms with Crippen LogP contribution in [-0.4, -0.2) is 30.5 Å². The van der Waals surface area contributed by atoms with Crippen molar-refractivity contribution in [3.8, 4) is 5.75 Å². The number of halogens is 1. The molecule has 2 aromatic heterocycles. The molecule has 11 heteroatoms. The van der Waals surface area contributed by atoms with Gasteiger partial charge in [0.15, 0.2) is 0 Å². The van der Waals surface area contributed by atoms with Crippen molar-refractivity contribution in [2.24, 2.45) is 0 Å². The van der Waals surface area contributed by atoms with Crippen molar-refractivity contribution in [3.63, 3.8) is 0 Å². The Morgan fingerprint density at radius 2 is 1.55 bits per heavy atom. The monoisotopic (exact) mass is 466 g/mol. The zero-order valence-corrected chi connectivity index (χ0v) is 18.2. The highest BCUT2D eigenvalue weighted by Crippen LogP contribution is 2.27. The van der Waals surface area contributed by atoms with Gasteiger partial charge < -0.3 is 15.4 Å². The third kappa shape index (κ3) is 5.52. The summed E-state index contributed by atoms with van der Waals surface area (Å²) in [6, 6.07) is 17.0. The molecule has 0 saturated heterocycles. The lowest BCUT2D eigenvalue weighted by Crippen LogP contribution is -2.14. The quantitative estimate of drug-likeness (QED) is 0.352.